The molecule has 0 atom stereocenters. The van der Waals surface area contributed by atoms with Gasteiger partial charge < -0.3 is 5.32 Å². The van der Waals surface area contributed by atoms with Crippen molar-refractivity contribution >= 4 is 11.6 Å². The first-order valence-electron chi connectivity index (χ1n) is 6.00. The molecule has 0 unspecified atom stereocenters. The summed E-state index contributed by atoms with van der Waals surface area (Å²) in [7, 11) is 0. The fourth-order valence-electron chi connectivity index (χ4n) is 1.79. The van der Waals surface area contributed by atoms with Crippen LogP contribution in [0.2, 0.25) is 0 Å². The van der Waals surface area contributed by atoms with Gasteiger partial charge in [0.25, 0.3) is 5.91 Å². The van der Waals surface area contributed by atoms with Gasteiger partial charge in [0.1, 0.15) is 5.69 Å². The highest BCUT2D eigenvalue weighted by molar-refractivity contribution is 6.03. The molecule has 0 aliphatic rings. The van der Waals surface area contributed by atoms with Crippen LogP contribution in [-0.4, -0.2) is 10.9 Å². The second kappa shape index (κ2) is 5.45. The number of pyridine rings is 1. The summed E-state index contributed by atoms with van der Waals surface area (Å²) >= 11 is 0. The molecule has 3 nitrogen and oxygen atoms in total. The van der Waals surface area contributed by atoms with Gasteiger partial charge in [0, 0.05) is 11.9 Å². The molecule has 1 amide bonds. The van der Waals surface area contributed by atoms with Crippen molar-refractivity contribution in [2.45, 2.75) is 19.8 Å². The molecule has 0 aliphatic heterocycles. The molecule has 0 spiro atoms. The number of hydrogen-bond acceptors (Lipinski definition) is 2. The molecular formula is C15H16N2O. The van der Waals surface area contributed by atoms with Gasteiger partial charge in [-0.05, 0) is 29.7 Å². The molecule has 0 bridgehead atoms. The van der Waals surface area contributed by atoms with Crippen molar-refractivity contribution < 1.29 is 4.79 Å². The zero-order valence-corrected chi connectivity index (χ0v) is 10.6. The Morgan fingerprint density at radius 1 is 1.11 bits per heavy atom. The molecule has 2 aromatic rings. The highest BCUT2D eigenvalue weighted by atomic mass is 16.1. The highest BCUT2D eigenvalue weighted by Gasteiger charge is 2.14. The van der Waals surface area contributed by atoms with Crippen molar-refractivity contribution in [1.29, 1.82) is 0 Å². The molecule has 0 fully saturated rings. The Morgan fingerprint density at radius 3 is 2.50 bits per heavy atom. The van der Waals surface area contributed by atoms with Crippen molar-refractivity contribution in [3.8, 4) is 0 Å². The standard InChI is InChI=1S/C15H16N2O/c1-11(2)13-9-6-10-16-14(13)15(18)17-12-7-4-3-5-8-12/h3-11H,1-2H3,(H,17,18). The molecule has 0 aliphatic carbocycles. The summed E-state index contributed by atoms with van der Waals surface area (Å²) < 4.78 is 0. The number of anilines is 1. The molecule has 0 saturated heterocycles. The first-order valence-corrected chi connectivity index (χ1v) is 6.00. The third-order valence-electron chi connectivity index (χ3n) is 2.71. The average molecular weight is 240 g/mol. The zero-order chi connectivity index (χ0) is 13.0. The van der Waals surface area contributed by atoms with E-state index in [4.69, 9.17) is 0 Å². The number of carbonyl (C=O) groups excluding carboxylic acids is 1. The highest BCUT2D eigenvalue weighted by Crippen LogP contribution is 2.18. The Hall–Kier alpha value is -2.16. The molecule has 2 rings (SSSR count). The minimum Gasteiger partial charge on any atom is -0.321 e. The van der Waals surface area contributed by atoms with Gasteiger partial charge in [-0.25, -0.2) is 0 Å². The van der Waals surface area contributed by atoms with Crippen LogP contribution in [0.3, 0.4) is 0 Å². The van der Waals surface area contributed by atoms with E-state index in [-0.39, 0.29) is 11.8 Å². The van der Waals surface area contributed by atoms with E-state index < -0.39 is 0 Å². The topological polar surface area (TPSA) is 42.0 Å². The van der Waals surface area contributed by atoms with E-state index >= 15 is 0 Å². The fraction of sp³-hybridized carbons (Fsp3) is 0.200. The molecule has 3 heteroatoms. The van der Waals surface area contributed by atoms with Crippen LogP contribution in [0.5, 0.6) is 0 Å². The molecule has 0 saturated carbocycles. The second-order valence-electron chi connectivity index (χ2n) is 4.42. The molecule has 1 heterocycles. The number of aromatic nitrogens is 1. The second-order valence-corrected chi connectivity index (χ2v) is 4.42. The number of amides is 1. The van der Waals surface area contributed by atoms with Gasteiger partial charge in [-0.1, -0.05) is 38.1 Å². The quantitative estimate of drug-likeness (QED) is 0.892. The van der Waals surface area contributed by atoms with Crippen LogP contribution >= 0.6 is 0 Å². The number of nitrogens with one attached hydrogen (secondary N) is 1. The van der Waals surface area contributed by atoms with E-state index in [0.717, 1.165) is 11.3 Å². The lowest BCUT2D eigenvalue weighted by Crippen LogP contribution is -2.16. The van der Waals surface area contributed by atoms with Gasteiger partial charge in [-0.15, -0.1) is 0 Å². The smallest absolute Gasteiger partial charge is 0.274 e. The van der Waals surface area contributed by atoms with Crippen molar-refractivity contribution in [3.05, 3.63) is 59.9 Å². The third-order valence-corrected chi connectivity index (χ3v) is 2.71. The van der Waals surface area contributed by atoms with Gasteiger partial charge in [0.05, 0.1) is 0 Å². The number of carbonyl (C=O) groups is 1. The van der Waals surface area contributed by atoms with Crippen LogP contribution in [0, 0.1) is 0 Å². The number of rotatable bonds is 3. The monoisotopic (exact) mass is 240 g/mol. The maximum atomic E-state index is 12.2. The van der Waals surface area contributed by atoms with Crippen LogP contribution in [0.1, 0.15) is 35.8 Å². The summed E-state index contributed by atoms with van der Waals surface area (Å²) in [6.45, 7) is 4.10. The molecule has 92 valence electrons. The Kier molecular flexibility index (Phi) is 3.72. The van der Waals surface area contributed by atoms with Crippen LogP contribution in [0.15, 0.2) is 48.7 Å². The third kappa shape index (κ3) is 2.74. The van der Waals surface area contributed by atoms with E-state index in [1.807, 2.05) is 42.5 Å². The van der Waals surface area contributed by atoms with E-state index in [1.54, 1.807) is 6.20 Å². The van der Waals surface area contributed by atoms with Crippen LogP contribution in [0.25, 0.3) is 0 Å². The number of para-hydroxylation sites is 1. The van der Waals surface area contributed by atoms with Crippen LogP contribution in [0.4, 0.5) is 5.69 Å². The van der Waals surface area contributed by atoms with E-state index in [0.29, 0.717) is 5.69 Å². The predicted molar refractivity (Wildman–Crippen MR) is 72.7 cm³/mol. The average Bonchev–Trinajstić information content (AvgIpc) is 2.40. The van der Waals surface area contributed by atoms with Crippen LogP contribution < -0.4 is 5.32 Å². The largest absolute Gasteiger partial charge is 0.321 e. The summed E-state index contributed by atoms with van der Waals surface area (Å²) in [6, 6.07) is 13.2. The maximum Gasteiger partial charge on any atom is 0.274 e. The van der Waals surface area contributed by atoms with Gasteiger partial charge in [0.2, 0.25) is 0 Å². The van der Waals surface area contributed by atoms with Crippen molar-refractivity contribution in [2.75, 3.05) is 5.32 Å². The predicted octanol–water partition coefficient (Wildman–Crippen LogP) is 3.46. The van der Waals surface area contributed by atoms with Crippen LogP contribution in [-0.2, 0) is 0 Å². The summed E-state index contributed by atoms with van der Waals surface area (Å²) in [5.41, 5.74) is 2.24. The number of nitrogens with zero attached hydrogens (tertiary/aromatic N) is 1. The fourth-order valence-corrected chi connectivity index (χ4v) is 1.79. The Bertz CT molecular complexity index is 535. The van der Waals surface area contributed by atoms with Crippen molar-refractivity contribution in [2.24, 2.45) is 0 Å². The Morgan fingerprint density at radius 2 is 1.83 bits per heavy atom. The van der Waals surface area contributed by atoms with Gasteiger partial charge in [-0.2, -0.15) is 0 Å². The minimum absolute atomic E-state index is 0.162. The lowest BCUT2D eigenvalue weighted by atomic mass is 10.0. The molecule has 0 radical (unpaired) electrons. The maximum absolute atomic E-state index is 12.2. The molecular weight excluding hydrogens is 224 g/mol. The van der Waals surface area contributed by atoms with Gasteiger partial charge in [-0.3, -0.25) is 9.78 Å². The summed E-state index contributed by atoms with van der Waals surface area (Å²) in [4.78, 5) is 16.3. The SMILES string of the molecule is CC(C)c1cccnc1C(=O)Nc1ccccc1. The normalized spacial score (nSPS) is 10.4. The number of hydrogen-bond donors (Lipinski definition) is 1. The van der Waals surface area contributed by atoms with E-state index in [9.17, 15) is 4.79 Å². The molecule has 1 N–H and O–H groups in total. The lowest BCUT2D eigenvalue weighted by Gasteiger charge is -2.11. The van der Waals surface area contributed by atoms with E-state index in [1.165, 1.54) is 0 Å². The summed E-state index contributed by atoms with van der Waals surface area (Å²) in [5.74, 6) is 0.112. The number of benzene rings is 1. The molecule has 18 heavy (non-hydrogen) atoms. The van der Waals surface area contributed by atoms with Gasteiger partial charge in [0.15, 0.2) is 0 Å². The summed E-state index contributed by atoms with van der Waals surface area (Å²) in [6.07, 6.45) is 1.64. The van der Waals surface area contributed by atoms with Crippen molar-refractivity contribution in [1.82, 2.24) is 4.98 Å². The van der Waals surface area contributed by atoms with E-state index in [2.05, 4.69) is 24.1 Å². The molecule has 1 aromatic heterocycles. The van der Waals surface area contributed by atoms with Crippen molar-refractivity contribution in [3.63, 3.8) is 0 Å². The van der Waals surface area contributed by atoms with Gasteiger partial charge >= 0.3 is 0 Å². The lowest BCUT2D eigenvalue weighted by molar-refractivity contribution is 0.102. The molecule has 1 aromatic carbocycles. The Balaban J connectivity index is 2.24. The minimum atomic E-state index is -0.162. The Labute approximate surface area is 107 Å². The zero-order valence-electron chi connectivity index (χ0n) is 10.6. The first-order chi connectivity index (χ1) is 8.68. The first kappa shape index (κ1) is 12.3. The summed E-state index contributed by atoms with van der Waals surface area (Å²) in [5, 5.41) is 2.85.